The van der Waals surface area contributed by atoms with Crippen LogP contribution in [-0.2, 0) is 9.53 Å². The van der Waals surface area contributed by atoms with Gasteiger partial charge in [-0.3, -0.25) is 9.36 Å². The largest absolute Gasteiger partial charge is 0.464 e. The van der Waals surface area contributed by atoms with Crippen LogP contribution in [0.2, 0.25) is 5.02 Å². The van der Waals surface area contributed by atoms with Gasteiger partial charge in [-0.15, -0.1) is 0 Å². The number of hydrogen-bond acceptors (Lipinski definition) is 5. The SMILES string of the molecule is CCOC(=O)C(C)n1cnc2c1c(=O)n(C1CC1)c(=O)n2-c1ccccc1Cl. The number of rotatable bonds is 5. The minimum Gasteiger partial charge on any atom is -0.464 e. The first-order valence-electron chi connectivity index (χ1n) is 9.11. The maximum absolute atomic E-state index is 13.2. The second-order valence-corrected chi connectivity index (χ2v) is 7.13. The topological polar surface area (TPSA) is 88.1 Å². The Hall–Kier alpha value is -2.87. The lowest BCUT2D eigenvalue weighted by Gasteiger charge is -2.15. The molecular formula is C19H19ClN4O4. The molecule has 0 N–H and O–H groups in total. The maximum atomic E-state index is 13.2. The Morgan fingerprint density at radius 2 is 2.04 bits per heavy atom. The number of imidazole rings is 1. The molecule has 8 nitrogen and oxygen atoms in total. The minimum absolute atomic E-state index is 0.153. The smallest absolute Gasteiger partial charge is 0.337 e. The van der Waals surface area contributed by atoms with Crippen molar-refractivity contribution in [3.63, 3.8) is 0 Å². The van der Waals surface area contributed by atoms with Crippen LogP contribution in [0, 0.1) is 0 Å². The molecule has 1 unspecified atom stereocenters. The molecule has 0 radical (unpaired) electrons. The molecular weight excluding hydrogens is 384 g/mol. The van der Waals surface area contributed by atoms with E-state index in [1.54, 1.807) is 38.1 Å². The molecule has 1 fully saturated rings. The number of esters is 1. The maximum Gasteiger partial charge on any atom is 0.337 e. The summed E-state index contributed by atoms with van der Waals surface area (Å²) in [6.07, 6.45) is 2.90. The van der Waals surface area contributed by atoms with Gasteiger partial charge in [-0.25, -0.2) is 19.1 Å². The van der Waals surface area contributed by atoms with Crippen molar-refractivity contribution in [2.45, 2.75) is 38.8 Å². The van der Waals surface area contributed by atoms with Gasteiger partial charge in [0.2, 0.25) is 0 Å². The Labute approximate surface area is 164 Å². The summed E-state index contributed by atoms with van der Waals surface area (Å²) in [7, 11) is 0. The Bertz CT molecular complexity index is 1190. The van der Waals surface area contributed by atoms with E-state index in [0.29, 0.717) is 10.7 Å². The third kappa shape index (κ3) is 2.84. The lowest BCUT2D eigenvalue weighted by molar-refractivity contribution is -0.146. The molecule has 2 heterocycles. The Balaban J connectivity index is 2.06. The van der Waals surface area contributed by atoms with Gasteiger partial charge in [0.15, 0.2) is 11.2 Å². The number of benzene rings is 1. The third-order valence-electron chi connectivity index (χ3n) is 4.86. The monoisotopic (exact) mass is 402 g/mol. The first-order valence-corrected chi connectivity index (χ1v) is 9.49. The number of aromatic nitrogens is 4. The summed E-state index contributed by atoms with van der Waals surface area (Å²) in [6.45, 7) is 3.57. The van der Waals surface area contributed by atoms with E-state index in [1.807, 2.05) is 0 Å². The molecule has 1 saturated carbocycles. The van der Waals surface area contributed by atoms with Crippen LogP contribution in [0.1, 0.15) is 38.8 Å². The van der Waals surface area contributed by atoms with E-state index in [1.165, 1.54) is 20.0 Å². The number of carbonyl (C=O) groups is 1. The zero-order valence-electron chi connectivity index (χ0n) is 15.5. The molecule has 1 atom stereocenters. The number of ether oxygens (including phenoxy) is 1. The number of para-hydroxylation sites is 1. The first kappa shape index (κ1) is 18.5. The summed E-state index contributed by atoms with van der Waals surface area (Å²) in [6, 6.07) is 5.96. The summed E-state index contributed by atoms with van der Waals surface area (Å²) in [5, 5.41) is 0.361. The highest BCUT2D eigenvalue weighted by Crippen LogP contribution is 2.33. The van der Waals surface area contributed by atoms with Gasteiger partial charge in [0.1, 0.15) is 6.04 Å². The normalized spacial score (nSPS) is 15.0. The van der Waals surface area contributed by atoms with Crippen LogP contribution in [0.25, 0.3) is 16.9 Å². The van der Waals surface area contributed by atoms with Crippen LogP contribution in [0.15, 0.2) is 40.2 Å². The van der Waals surface area contributed by atoms with Gasteiger partial charge in [0, 0.05) is 6.04 Å². The van der Waals surface area contributed by atoms with E-state index < -0.39 is 23.3 Å². The summed E-state index contributed by atoms with van der Waals surface area (Å²) in [5.41, 5.74) is -0.174. The molecule has 146 valence electrons. The molecule has 1 aromatic carbocycles. The quantitative estimate of drug-likeness (QED) is 0.612. The van der Waals surface area contributed by atoms with E-state index in [9.17, 15) is 14.4 Å². The van der Waals surface area contributed by atoms with Crippen molar-refractivity contribution in [2.24, 2.45) is 0 Å². The molecule has 1 aliphatic rings. The van der Waals surface area contributed by atoms with Gasteiger partial charge < -0.3 is 9.30 Å². The van der Waals surface area contributed by atoms with Crippen LogP contribution in [0.4, 0.5) is 0 Å². The zero-order valence-corrected chi connectivity index (χ0v) is 16.2. The van der Waals surface area contributed by atoms with E-state index in [2.05, 4.69) is 4.98 Å². The average Bonchev–Trinajstić information content (AvgIpc) is 3.40. The van der Waals surface area contributed by atoms with Gasteiger partial charge in [-0.1, -0.05) is 23.7 Å². The summed E-state index contributed by atoms with van der Waals surface area (Å²) < 4.78 is 9.11. The Kier molecular flexibility index (Phi) is 4.58. The molecule has 28 heavy (non-hydrogen) atoms. The molecule has 0 aliphatic heterocycles. The fourth-order valence-corrected chi connectivity index (χ4v) is 3.52. The summed E-state index contributed by atoms with van der Waals surface area (Å²) in [4.78, 5) is 42.9. The summed E-state index contributed by atoms with van der Waals surface area (Å²) in [5.74, 6) is -0.477. The Morgan fingerprint density at radius 1 is 1.32 bits per heavy atom. The third-order valence-corrected chi connectivity index (χ3v) is 5.17. The van der Waals surface area contributed by atoms with E-state index >= 15 is 0 Å². The van der Waals surface area contributed by atoms with E-state index in [-0.39, 0.29) is 23.8 Å². The van der Waals surface area contributed by atoms with Crippen molar-refractivity contribution >= 4 is 28.7 Å². The fourth-order valence-electron chi connectivity index (χ4n) is 3.30. The second-order valence-electron chi connectivity index (χ2n) is 6.73. The van der Waals surface area contributed by atoms with Crippen LogP contribution >= 0.6 is 11.6 Å². The van der Waals surface area contributed by atoms with Gasteiger partial charge >= 0.3 is 11.7 Å². The standard InChI is InChI=1S/C19H19ClN4O4/c1-3-28-18(26)11(2)22-10-21-16-15(22)17(25)23(12-8-9-12)19(27)24(16)14-7-5-4-6-13(14)20/h4-7,10-12H,3,8-9H2,1-2H3. The van der Waals surface area contributed by atoms with Crippen LogP contribution in [-0.4, -0.2) is 31.3 Å². The highest BCUT2D eigenvalue weighted by Gasteiger charge is 2.32. The van der Waals surface area contributed by atoms with Crippen molar-refractivity contribution in [3.8, 4) is 5.69 Å². The number of halogens is 1. The predicted octanol–water partition coefficient (Wildman–Crippen LogP) is 2.46. The van der Waals surface area contributed by atoms with Crippen molar-refractivity contribution in [3.05, 3.63) is 56.5 Å². The first-order chi connectivity index (χ1) is 13.5. The van der Waals surface area contributed by atoms with Gasteiger partial charge in [0.05, 0.1) is 23.6 Å². The van der Waals surface area contributed by atoms with Crippen molar-refractivity contribution in [2.75, 3.05) is 6.61 Å². The molecule has 9 heteroatoms. The fraction of sp³-hybridized carbons (Fsp3) is 0.368. The molecule has 4 rings (SSSR count). The minimum atomic E-state index is -0.762. The number of carbonyl (C=O) groups excluding carboxylic acids is 1. The van der Waals surface area contributed by atoms with Crippen molar-refractivity contribution in [1.29, 1.82) is 0 Å². The molecule has 3 aromatic rings. The lowest BCUT2D eigenvalue weighted by atomic mass is 10.3. The Morgan fingerprint density at radius 3 is 2.68 bits per heavy atom. The molecule has 0 bridgehead atoms. The number of nitrogens with zero attached hydrogens (tertiary/aromatic N) is 4. The van der Waals surface area contributed by atoms with E-state index in [0.717, 1.165) is 12.8 Å². The molecule has 2 aromatic heterocycles. The van der Waals surface area contributed by atoms with Crippen molar-refractivity contribution in [1.82, 2.24) is 18.7 Å². The highest BCUT2D eigenvalue weighted by atomic mass is 35.5. The number of fused-ring (bicyclic) bond motifs is 1. The zero-order chi connectivity index (χ0) is 20.0. The van der Waals surface area contributed by atoms with E-state index in [4.69, 9.17) is 16.3 Å². The molecule has 0 spiro atoms. The van der Waals surface area contributed by atoms with Gasteiger partial charge in [0.25, 0.3) is 5.56 Å². The highest BCUT2D eigenvalue weighted by molar-refractivity contribution is 6.32. The molecule has 1 aliphatic carbocycles. The molecule has 0 saturated heterocycles. The van der Waals surface area contributed by atoms with Crippen molar-refractivity contribution < 1.29 is 9.53 Å². The predicted molar refractivity (Wildman–Crippen MR) is 104 cm³/mol. The van der Waals surface area contributed by atoms with Crippen LogP contribution in [0.3, 0.4) is 0 Å². The average molecular weight is 403 g/mol. The van der Waals surface area contributed by atoms with Gasteiger partial charge in [-0.2, -0.15) is 0 Å². The summed E-state index contributed by atoms with van der Waals surface area (Å²) >= 11 is 6.32. The lowest BCUT2D eigenvalue weighted by Crippen LogP contribution is -2.40. The second kappa shape index (κ2) is 6.94. The van der Waals surface area contributed by atoms with Gasteiger partial charge in [-0.05, 0) is 38.8 Å². The molecule has 0 amide bonds. The number of hydrogen-bond donors (Lipinski definition) is 0. The van der Waals surface area contributed by atoms with Crippen LogP contribution < -0.4 is 11.2 Å². The van der Waals surface area contributed by atoms with Crippen LogP contribution in [0.5, 0.6) is 0 Å².